The average Bonchev–Trinajstić information content (AvgIpc) is 3.23. The number of benzene rings is 2. The first kappa shape index (κ1) is 20.0. The highest BCUT2D eigenvalue weighted by Crippen LogP contribution is 2.37. The van der Waals surface area contributed by atoms with E-state index < -0.39 is 34.8 Å². The molecule has 1 unspecified atom stereocenters. The van der Waals surface area contributed by atoms with Crippen molar-refractivity contribution in [2.24, 2.45) is 5.92 Å². The number of carbonyl (C=O) groups is 1. The van der Waals surface area contributed by atoms with Crippen LogP contribution in [0.5, 0.6) is 0 Å². The third-order valence-electron chi connectivity index (χ3n) is 5.17. The largest absolute Gasteiger partial charge is 0.417 e. The fourth-order valence-electron chi connectivity index (χ4n) is 3.69. The van der Waals surface area contributed by atoms with Crippen LogP contribution in [-0.4, -0.2) is 28.8 Å². The van der Waals surface area contributed by atoms with Crippen LogP contribution >= 0.6 is 0 Å². The molecule has 0 spiro atoms. The molecular weight excluding hydrogens is 398 g/mol. The van der Waals surface area contributed by atoms with Crippen LogP contribution in [0.25, 0.3) is 11.1 Å². The number of anilines is 1. The summed E-state index contributed by atoms with van der Waals surface area (Å²) in [6.45, 7) is 0.726. The van der Waals surface area contributed by atoms with Crippen molar-refractivity contribution in [1.82, 2.24) is 9.97 Å². The second kappa shape index (κ2) is 7.85. The van der Waals surface area contributed by atoms with Crippen LogP contribution in [0.15, 0.2) is 60.9 Å². The number of hydrogen-bond donors (Lipinski definition) is 0. The molecule has 0 saturated carbocycles. The summed E-state index contributed by atoms with van der Waals surface area (Å²) in [5.74, 6) is -1.37. The highest BCUT2D eigenvalue weighted by Gasteiger charge is 2.38. The molecule has 8 heteroatoms. The molecule has 1 atom stereocenters. The van der Waals surface area contributed by atoms with Gasteiger partial charge in [0.05, 0.1) is 5.56 Å². The minimum atomic E-state index is -4.74. The van der Waals surface area contributed by atoms with Gasteiger partial charge in [0.2, 0.25) is 5.95 Å². The SMILES string of the molecule is O=C(c1ccc(-c2ccccc2F)cc1C(F)(F)F)C1CCN(c2ncccn2)C1. The number of aromatic nitrogens is 2. The lowest BCUT2D eigenvalue weighted by Crippen LogP contribution is -2.25. The zero-order valence-corrected chi connectivity index (χ0v) is 15.7. The molecule has 1 aliphatic rings. The van der Waals surface area contributed by atoms with Gasteiger partial charge in [-0.15, -0.1) is 0 Å². The number of nitrogens with zero attached hydrogens (tertiary/aromatic N) is 3. The molecule has 0 N–H and O–H groups in total. The Morgan fingerprint density at radius 2 is 1.77 bits per heavy atom. The minimum Gasteiger partial charge on any atom is -0.340 e. The van der Waals surface area contributed by atoms with E-state index in [-0.39, 0.29) is 17.7 Å². The molecule has 154 valence electrons. The van der Waals surface area contributed by atoms with E-state index in [0.29, 0.717) is 18.9 Å². The number of halogens is 4. The molecule has 0 bridgehead atoms. The molecule has 1 aliphatic heterocycles. The van der Waals surface area contributed by atoms with Crippen molar-refractivity contribution >= 4 is 11.7 Å². The molecule has 30 heavy (non-hydrogen) atoms. The Morgan fingerprint density at radius 3 is 2.47 bits per heavy atom. The van der Waals surface area contributed by atoms with E-state index >= 15 is 0 Å². The monoisotopic (exact) mass is 415 g/mol. The molecular formula is C22H17F4N3O. The van der Waals surface area contributed by atoms with Crippen molar-refractivity contribution in [3.8, 4) is 11.1 Å². The summed E-state index contributed by atoms with van der Waals surface area (Å²) in [6, 6.07) is 10.6. The summed E-state index contributed by atoms with van der Waals surface area (Å²) in [5.41, 5.74) is -1.33. The van der Waals surface area contributed by atoms with E-state index in [1.165, 1.54) is 24.3 Å². The van der Waals surface area contributed by atoms with Crippen molar-refractivity contribution in [3.05, 3.63) is 77.9 Å². The first-order valence-corrected chi connectivity index (χ1v) is 9.37. The van der Waals surface area contributed by atoms with Crippen LogP contribution in [0.2, 0.25) is 0 Å². The van der Waals surface area contributed by atoms with E-state index in [4.69, 9.17) is 0 Å². The van der Waals surface area contributed by atoms with Crippen molar-refractivity contribution in [1.29, 1.82) is 0 Å². The molecule has 1 saturated heterocycles. The summed E-state index contributed by atoms with van der Waals surface area (Å²) in [6.07, 6.45) is -1.20. The van der Waals surface area contributed by atoms with E-state index in [1.54, 1.807) is 29.4 Å². The van der Waals surface area contributed by atoms with Crippen LogP contribution in [0.4, 0.5) is 23.5 Å². The zero-order valence-electron chi connectivity index (χ0n) is 15.7. The van der Waals surface area contributed by atoms with Gasteiger partial charge in [-0.25, -0.2) is 14.4 Å². The summed E-state index contributed by atoms with van der Waals surface area (Å²) < 4.78 is 55.3. The molecule has 2 aromatic carbocycles. The molecule has 1 fully saturated rings. The second-order valence-corrected chi connectivity index (χ2v) is 7.08. The van der Waals surface area contributed by atoms with Crippen LogP contribution in [-0.2, 0) is 6.18 Å². The second-order valence-electron chi connectivity index (χ2n) is 7.08. The lowest BCUT2D eigenvalue weighted by atomic mass is 9.90. The molecule has 3 aromatic rings. The molecule has 4 rings (SSSR count). The smallest absolute Gasteiger partial charge is 0.340 e. The standard InChI is InChI=1S/C22H17F4N3O/c23-19-5-2-1-4-16(19)14-6-7-17(18(12-14)22(24,25)26)20(30)15-8-11-29(13-15)21-27-9-3-10-28-21/h1-7,9-10,12,15H,8,11,13H2. The van der Waals surface area contributed by atoms with Crippen LogP contribution < -0.4 is 4.90 Å². The van der Waals surface area contributed by atoms with E-state index in [2.05, 4.69) is 9.97 Å². The van der Waals surface area contributed by atoms with Gasteiger partial charge in [0.1, 0.15) is 5.82 Å². The lowest BCUT2D eigenvalue weighted by Gasteiger charge is -2.18. The molecule has 0 radical (unpaired) electrons. The molecule has 4 nitrogen and oxygen atoms in total. The molecule has 0 aliphatic carbocycles. The van der Waals surface area contributed by atoms with Gasteiger partial charge in [-0.05, 0) is 30.2 Å². The van der Waals surface area contributed by atoms with Gasteiger partial charge in [-0.1, -0.05) is 30.3 Å². The van der Waals surface area contributed by atoms with Crippen molar-refractivity contribution in [2.75, 3.05) is 18.0 Å². The number of hydrogen-bond acceptors (Lipinski definition) is 4. The number of carbonyl (C=O) groups excluding carboxylic acids is 1. The predicted octanol–water partition coefficient (Wildman–Crippen LogP) is 5.01. The lowest BCUT2D eigenvalue weighted by molar-refractivity contribution is -0.137. The van der Waals surface area contributed by atoms with Gasteiger partial charge in [0, 0.05) is 42.5 Å². The topological polar surface area (TPSA) is 46.1 Å². The summed E-state index contributed by atoms with van der Waals surface area (Å²) in [5, 5.41) is 0. The van der Waals surface area contributed by atoms with E-state index in [0.717, 1.165) is 12.1 Å². The minimum absolute atomic E-state index is 0.0512. The van der Waals surface area contributed by atoms with E-state index in [9.17, 15) is 22.4 Å². The predicted molar refractivity (Wildman–Crippen MR) is 104 cm³/mol. The van der Waals surface area contributed by atoms with Gasteiger partial charge < -0.3 is 4.90 Å². The first-order chi connectivity index (χ1) is 14.3. The number of ketones is 1. The normalized spacial score (nSPS) is 16.7. The summed E-state index contributed by atoms with van der Waals surface area (Å²) in [4.78, 5) is 23.0. The van der Waals surface area contributed by atoms with Crippen molar-refractivity contribution in [2.45, 2.75) is 12.6 Å². The fraction of sp³-hybridized carbons (Fsp3) is 0.227. The Hall–Kier alpha value is -3.29. The van der Waals surface area contributed by atoms with Gasteiger partial charge in [-0.2, -0.15) is 13.2 Å². The molecule has 1 aromatic heterocycles. The number of rotatable bonds is 4. The Bertz CT molecular complexity index is 1070. The zero-order chi connectivity index (χ0) is 21.3. The molecule has 2 heterocycles. The quantitative estimate of drug-likeness (QED) is 0.444. The fourth-order valence-corrected chi connectivity index (χ4v) is 3.69. The first-order valence-electron chi connectivity index (χ1n) is 9.37. The number of Topliss-reactive ketones (excluding diaryl/α,β-unsaturated/α-hetero) is 1. The highest BCUT2D eigenvalue weighted by atomic mass is 19.4. The number of alkyl halides is 3. The van der Waals surface area contributed by atoms with Gasteiger partial charge in [-0.3, -0.25) is 4.79 Å². The average molecular weight is 415 g/mol. The Balaban J connectivity index is 1.65. The molecule has 0 amide bonds. The van der Waals surface area contributed by atoms with Crippen molar-refractivity contribution in [3.63, 3.8) is 0 Å². The maximum Gasteiger partial charge on any atom is 0.417 e. The summed E-state index contributed by atoms with van der Waals surface area (Å²) >= 11 is 0. The maximum atomic E-state index is 14.0. The maximum absolute atomic E-state index is 14.0. The van der Waals surface area contributed by atoms with Crippen molar-refractivity contribution < 1.29 is 22.4 Å². The Kier molecular flexibility index (Phi) is 5.24. The summed E-state index contributed by atoms with van der Waals surface area (Å²) in [7, 11) is 0. The third-order valence-corrected chi connectivity index (χ3v) is 5.17. The van der Waals surface area contributed by atoms with Crippen LogP contribution in [0.3, 0.4) is 0 Å². The third kappa shape index (κ3) is 3.90. The van der Waals surface area contributed by atoms with Crippen LogP contribution in [0.1, 0.15) is 22.3 Å². The van der Waals surface area contributed by atoms with Gasteiger partial charge in [0.25, 0.3) is 0 Å². The van der Waals surface area contributed by atoms with Gasteiger partial charge >= 0.3 is 6.18 Å². The van der Waals surface area contributed by atoms with Crippen LogP contribution in [0, 0.1) is 11.7 Å². The van der Waals surface area contributed by atoms with E-state index in [1.807, 2.05) is 0 Å². The van der Waals surface area contributed by atoms with Gasteiger partial charge in [0.15, 0.2) is 5.78 Å². The Labute approximate surface area is 170 Å². The Morgan fingerprint density at radius 1 is 1.03 bits per heavy atom. The highest BCUT2D eigenvalue weighted by molar-refractivity contribution is 6.00.